The van der Waals surface area contributed by atoms with Crippen LogP contribution in [0, 0.1) is 5.92 Å². The number of aromatic hydroxyl groups is 1. The molecule has 0 aromatic heterocycles. The van der Waals surface area contributed by atoms with E-state index in [0.29, 0.717) is 31.2 Å². The predicted molar refractivity (Wildman–Crippen MR) is 96.4 cm³/mol. The highest BCUT2D eigenvalue weighted by Crippen LogP contribution is 2.20. The Morgan fingerprint density at radius 1 is 1.20 bits per heavy atom. The number of rotatable bonds is 7. The van der Waals surface area contributed by atoms with Gasteiger partial charge in [0.2, 0.25) is 5.91 Å². The van der Waals surface area contributed by atoms with Crippen LogP contribution in [0.15, 0.2) is 24.3 Å². The van der Waals surface area contributed by atoms with Crippen LogP contribution in [0.25, 0.3) is 0 Å². The molecule has 1 atom stereocenters. The summed E-state index contributed by atoms with van der Waals surface area (Å²) in [6.07, 6.45) is 0.674. The van der Waals surface area contributed by atoms with E-state index in [1.165, 1.54) is 0 Å². The van der Waals surface area contributed by atoms with Crippen molar-refractivity contribution in [3.05, 3.63) is 29.8 Å². The number of likely N-dealkylation sites (tertiary alicyclic amines) is 1. The molecule has 2 heterocycles. The van der Waals surface area contributed by atoms with Crippen LogP contribution in [0.3, 0.4) is 0 Å². The van der Waals surface area contributed by atoms with Gasteiger partial charge in [0.05, 0.1) is 6.61 Å². The van der Waals surface area contributed by atoms with Gasteiger partial charge in [0.1, 0.15) is 5.75 Å². The number of piperazine rings is 1. The number of carbonyl (C=O) groups is 1. The van der Waals surface area contributed by atoms with E-state index >= 15 is 0 Å². The zero-order valence-electron chi connectivity index (χ0n) is 15.1. The summed E-state index contributed by atoms with van der Waals surface area (Å²) in [4.78, 5) is 18.9. The second-order valence-corrected chi connectivity index (χ2v) is 7.15. The second-order valence-electron chi connectivity index (χ2n) is 7.15. The zero-order chi connectivity index (χ0) is 17.6. The summed E-state index contributed by atoms with van der Waals surface area (Å²) in [7, 11) is 1.67. The Morgan fingerprint density at radius 2 is 1.96 bits per heavy atom. The molecule has 0 radical (unpaired) electrons. The summed E-state index contributed by atoms with van der Waals surface area (Å²) in [6, 6.07) is 7.50. The third-order valence-electron chi connectivity index (χ3n) is 5.16. The number of phenolic OH excluding ortho intramolecular Hbond substituents is 1. The van der Waals surface area contributed by atoms with E-state index in [1.807, 2.05) is 17.0 Å². The molecule has 0 saturated carbocycles. The fraction of sp³-hybridized carbons (Fsp3) is 0.632. The molecular weight excluding hydrogens is 318 g/mol. The van der Waals surface area contributed by atoms with Gasteiger partial charge < -0.3 is 19.6 Å². The van der Waals surface area contributed by atoms with Gasteiger partial charge in [-0.1, -0.05) is 12.1 Å². The molecule has 0 bridgehead atoms. The molecule has 6 nitrogen and oxygen atoms in total. The molecule has 2 fully saturated rings. The minimum Gasteiger partial charge on any atom is -0.508 e. The van der Waals surface area contributed by atoms with E-state index in [2.05, 4.69) is 15.9 Å². The van der Waals surface area contributed by atoms with Crippen molar-refractivity contribution < 1.29 is 14.6 Å². The Bertz CT molecular complexity index is 573. The number of benzene rings is 1. The molecule has 6 heteroatoms. The summed E-state index contributed by atoms with van der Waals surface area (Å²) in [5.41, 5.74) is 1.16. The van der Waals surface area contributed by atoms with Crippen molar-refractivity contribution in [3.63, 3.8) is 0 Å². The average molecular weight is 347 g/mol. The van der Waals surface area contributed by atoms with Crippen LogP contribution in [0.1, 0.15) is 12.0 Å². The topological polar surface area (TPSA) is 56.3 Å². The van der Waals surface area contributed by atoms with Crippen molar-refractivity contribution in [3.8, 4) is 5.75 Å². The van der Waals surface area contributed by atoms with Gasteiger partial charge in [0.15, 0.2) is 0 Å². The smallest absolute Gasteiger partial charge is 0.223 e. The van der Waals surface area contributed by atoms with Crippen molar-refractivity contribution in [2.24, 2.45) is 5.92 Å². The van der Waals surface area contributed by atoms with E-state index in [1.54, 1.807) is 13.2 Å². The maximum atomic E-state index is 12.0. The first-order valence-corrected chi connectivity index (χ1v) is 9.13. The lowest BCUT2D eigenvalue weighted by Gasteiger charge is -2.35. The maximum Gasteiger partial charge on any atom is 0.223 e. The molecular formula is C19H29N3O3. The highest BCUT2D eigenvalue weighted by molar-refractivity contribution is 5.78. The Labute approximate surface area is 150 Å². The number of hydrogen-bond acceptors (Lipinski definition) is 5. The first-order chi connectivity index (χ1) is 12.1. The second kappa shape index (κ2) is 8.65. The monoisotopic (exact) mass is 347 g/mol. The number of phenols is 1. The molecule has 2 aliphatic heterocycles. The first-order valence-electron chi connectivity index (χ1n) is 9.13. The molecule has 1 aromatic carbocycles. The van der Waals surface area contributed by atoms with Crippen molar-refractivity contribution in [2.75, 3.05) is 59.5 Å². The zero-order valence-corrected chi connectivity index (χ0v) is 15.1. The minimum absolute atomic E-state index is 0.268. The van der Waals surface area contributed by atoms with Crippen molar-refractivity contribution in [1.29, 1.82) is 0 Å². The van der Waals surface area contributed by atoms with Gasteiger partial charge in [-0.2, -0.15) is 0 Å². The van der Waals surface area contributed by atoms with E-state index in [9.17, 15) is 9.90 Å². The van der Waals surface area contributed by atoms with E-state index in [-0.39, 0.29) is 5.91 Å². The molecule has 1 amide bonds. The average Bonchev–Trinajstić information content (AvgIpc) is 2.94. The molecule has 2 aliphatic rings. The van der Waals surface area contributed by atoms with Gasteiger partial charge in [-0.25, -0.2) is 0 Å². The predicted octanol–water partition coefficient (Wildman–Crippen LogP) is 1.00. The number of ether oxygens (including phenoxy) is 1. The van der Waals surface area contributed by atoms with Gasteiger partial charge >= 0.3 is 0 Å². The molecule has 3 rings (SSSR count). The number of carbonyl (C=O) groups excluding carboxylic acids is 1. The number of methoxy groups -OCH3 is 1. The molecule has 138 valence electrons. The van der Waals surface area contributed by atoms with E-state index in [0.717, 1.165) is 51.4 Å². The summed E-state index contributed by atoms with van der Waals surface area (Å²) in [6.45, 7) is 8.24. The van der Waals surface area contributed by atoms with Crippen molar-refractivity contribution >= 4 is 5.91 Å². The summed E-state index contributed by atoms with van der Waals surface area (Å²) < 4.78 is 5.08. The lowest BCUT2D eigenvalue weighted by atomic mass is 10.1. The molecule has 25 heavy (non-hydrogen) atoms. The number of hydrogen-bond donors (Lipinski definition) is 1. The van der Waals surface area contributed by atoms with Gasteiger partial charge in [-0.15, -0.1) is 0 Å². The molecule has 1 aromatic rings. The Kier molecular flexibility index (Phi) is 6.29. The Balaban J connectivity index is 1.40. The SMILES string of the molecule is COCCN1C[C@H](CN2CCN(Cc3cccc(O)c3)CC2)CC1=O. The summed E-state index contributed by atoms with van der Waals surface area (Å²) >= 11 is 0. The Morgan fingerprint density at radius 3 is 2.68 bits per heavy atom. The van der Waals surface area contributed by atoms with Crippen LogP contribution < -0.4 is 0 Å². The van der Waals surface area contributed by atoms with Gasteiger partial charge in [-0.3, -0.25) is 9.69 Å². The molecule has 0 aliphatic carbocycles. The maximum absolute atomic E-state index is 12.0. The lowest BCUT2D eigenvalue weighted by molar-refractivity contribution is -0.128. The number of nitrogens with zero attached hydrogens (tertiary/aromatic N) is 3. The quantitative estimate of drug-likeness (QED) is 0.798. The van der Waals surface area contributed by atoms with Gasteiger partial charge in [-0.05, 0) is 23.6 Å². The van der Waals surface area contributed by atoms with Crippen molar-refractivity contribution in [2.45, 2.75) is 13.0 Å². The standard InChI is InChI=1S/C19H29N3O3/c1-25-10-9-22-15-17(12-19(22)24)14-21-7-5-20(6-8-21)13-16-3-2-4-18(23)11-16/h2-4,11,17,23H,5-10,12-15H2,1H3/t17-/m0/s1. The van der Waals surface area contributed by atoms with Crippen molar-refractivity contribution in [1.82, 2.24) is 14.7 Å². The first kappa shape index (κ1) is 18.2. The summed E-state index contributed by atoms with van der Waals surface area (Å²) in [5.74, 6) is 1.05. The van der Waals surface area contributed by atoms with E-state index < -0.39 is 0 Å². The summed E-state index contributed by atoms with van der Waals surface area (Å²) in [5, 5.41) is 9.57. The van der Waals surface area contributed by atoms with Gasteiger partial charge in [0.25, 0.3) is 0 Å². The Hall–Kier alpha value is -1.63. The molecule has 0 spiro atoms. The fourth-order valence-electron chi connectivity index (χ4n) is 3.80. The van der Waals surface area contributed by atoms with Crippen LogP contribution in [-0.4, -0.2) is 85.2 Å². The lowest BCUT2D eigenvalue weighted by Crippen LogP contribution is -2.47. The molecule has 1 N–H and O–H groups in total. The van der Waals surface area contributed by atoms with E-state index in [4.69, 9.17) is 4.74 Å². The van der Waals surface area contributed by atoms with Gasteiger partial charge in [0, 0.05) is 65.9 Å². The van der Waals surface area contributed by atoms with Crippen LogP contribution in [0.4, 0.5) is 0 Å². The highest BCUT2D eigenvalue weighted by Gasteiger charge is 2.31. The molecule has 0 unspecified atom stereocenters. The molecule has 2 saturated heterocycles. The minimum atomic E-state index is 0.268. The third kappa shape index (κ3) is 5.17. The largest absolute Gasteiger partial charge is 0.508 e. The van der Waals surface area contributed by atoms with Crippen LogP contribution in [0.5, 0.6) is 5.75 Å². The van der Waals surface area contributed by atoms with Crippen LogP contribution in [-0.2, 0) is 16.1 Å². The normalized spacial score (nSPS) is 22.7. The third-order valence-corrected chi connectivity index (χ3v) is 5.16. The fourth-order valence-corrected chi connectivity index (χ4v) is 3.80. The highest BCUT2D eigenvalue weighted by atomic mass is 16.5. The van der Waals surface area contributed by atoms with Crippen LogP contribution in [0.2, 0.25) is 0 Å². The number of amides is 1. The van der Waals surface area contributed by atoms with Crippen LogP contribution >= 0.6 is 0 Å².